The summed E-state index contributed by atoms with van der Waals surface area (Å²) in [5.74, 6) is 0.416. The number of benzene rings is 2. The Morgan fingerprint density at radius 1 is 0.967 bits per heavy atom. The molecule has 30 heavy (non-hydrogen) atoms. The van der Waals surface area contributed by atoms with Crippen LogP contribution in [0.25, 0.3) is 0 Å². The highest BCUT2D eigenvalue weighted by Crippen LogP contribution is 2.20. The van der Waals surface area contributed by atoms with Crippen molar-refractivity contribution in [3.05, 3.63) is 66.0 Å². The van der Waals surface area contributed by atoms with E-state index in [1.54, 1.807) is 17.0 Å². The molecule has 2 aliphatic rings. The lowest BCUT2D eigenvalue weighted by molar-refractivity contribution is -0.142. The van der Waals surface area contributed by atoms with Crippen LogP contribution in [-0.4, -0.2) is 71.9 Å². The maximum atomic E-state index is 13.1. The third-order valence-corrected chi connectivity index (χ3v) is 5.77. The number of piperazine rings is 1. The molecule has 2 fully saturated rings. The van der Waals surface area contributed by atoms with Crippen LogP contribution in [0.4, 0.5) is 4.39 Å². The topological polar surface area (TPSA) is 53.1 Å². The molecule has 2 amide bonds. The molecular weight excluding hydrogens is 385 g/mol. The molecule has 158 valence electrons. The van der Waals surface area contributed by atoms with E-state index in [2.05, 4.69) is 4.90 Å². The lowest BCUT2D eigenvalue weighted by Crippen LogP contribution is -2.56. The van der Waals surface area contributed by atoms with Gasteiger partial charge in [0.05, 0.1) is 6.04 Å². The highest BCUT2D eigenvalue weighted by atomic mass is 19.1. The predicted octanol–water partition coefficient (Wildman–Crippen LogP) is 2.15. The van der Waals surface area contributed by atoms with Gasteiger partial charge in [-0.1, -0.05) is 30.3 Å². The van der Waals surface area contributed by atoms with E-state index in [0.717, 1.165) is 12.1 Å². The van der Waals surface area contributed by atoms with Gasteiger partial charge < -0.3 is 14.5 Å². The van der Waals surface area contributed by atoms with Gasteiger partial charge in [-0.2, -0.15) is 0 Å². The lowest BCUT2D eigenvalue weighted by Gasteiger charge is -2.39. The minimum atomic E-state index is -0.278. The van der Waals surface area contributed by atoms with Crippen LogP contribution in [0.15, 0.2) is 54.6 Å². The average Bonchev–Trinajstić information content (AvgIpc) is 2.99. The van der Waals surface area contributed by atoms with Crippen molar-refractivity contribution in [2.75, 3.05) is 39.3 Å². The van der Waals surface area contributed by atoms with Crippen LogP contribution in [0, 0.1) is 5.82 Å². The molecule has 2 saturated heterocycles. The van der Waals surface area contributed by atoms with E-state index >= 15 is 0 Å². The Balaban J connectivity index is 1.33. The highest BCUT2D eigenvalue weighted by Gasteiger charge is 2.37. The summed E-state index contributed by atoms with van der Waals surface area (Å²) < 4.78 is 18.7. The number of ether oxygens (including phenoxy) is 1. The zero-order chi connectivity index (χ0) is 20.9. The molecule has 0 bridgehead atoms. The molecule has 0 spiro atoms. The minimum absolute atomic E-state index is 0.000676. The Morgan fingerprint density at radius 2 is 1.70 bits per heavy atom. The van der Waals surface area contributed by atoms with E-state index in [4.69, 9.17) is 4.74 Å². The molecular formula is C23H26FN3O3. The van der Waals surface area contributed by atoms with E-state index in [0.29, 0.717) is 44.9 Å². The normalized spacial score (nSPS) is 19.9. The van der Waals surface area contributed by atoms with Crippen LogP contribution in [0.3, 0.4) is 0 Å². The molecule has 0 radical (unpaired) electrons. The molecule has 0 N–H and O–H groups in total. The fourth-order valence-corrected chi connectivity index (χ4v) is 4.06. The van der Waals surface area contributed by atoms with Crippen molar-refractivity contribution in [1.82, 2.24) is 14.7 Å². The van der Waals surface area contributed by atoms with Crippen LogP contribution >= 0.6 is 0 Å². The quantitative estimate of drug-likeness (QED) is 0.757. The Morgan fingerprint density at radius 3 is 2.47 bits per heavy atom. The number of halogens is 1. The second-order valence-corrected chi connectivity index (χ2v) is 7.71. The summed E-state index contributed by atoms with van der Waals surface area (Å²) in [6.45, 7) is 3.71. The van der Waals surface area contributed by atoms with Crippen molar-refractivity contribution >= 4 is 11.8 Å². The van der Waals surface area contributed by atoms with Crippen LogP contribution in [0.5, 0.6) is 5.75 Å². The number of rotatable bonds is 5. The number of hydrogen-bond acceptors (Lipinski definition) is 4. The van der Waals surface area contributed by atoms with Crippen LogP contribution in [0.2, 0.25) is 0 Å². The van der Waals surface area contributed by atoms with Crippen molar-refractivity contribution in [2.45, 2.75) is 19.0 Å². The first-order chi connectivity index (χ1) is 14.6. The van der Waals surface area contributed by atoms with Gasteiger partial charge in [-0.05, 0) is 36.2 Å². The fraction of sp³-hybridized carbons (Fsp3) is 0.391. The van der Waals surface area contributed by atoms with Gasteiger partial charge in [-0.15, -0.1) is 0 Å². The van der Waals surface area contributed by atoms with Crippen molar-refractivity contribution < 1.29 is 18.7 Å². The van der Waals surface area contributed by atoms with E-state index < -0.39 is 0 Å². The van der Waals surface area contributed by atoms with Gasteiger partial charge in [-0.25, -0.2) is 4.39 Å². The third-order valence-electron chi connectivity index (χ3n) is 5.77. The Bertz CT molecular complexity index is 875. The summed E-state index contributed by atoms with van der Waals surface area (Å²) in [5, 5.41) is 0. The second kappa shape index (κ2) is 9.26. The maximum Gasteiger partial charge on any atom is 0.260 e. The second-order valence-electron chi connectivity index (χ2n) is 7.71. The lowest BCUT2D eigenvalue weighted by atomic mass is 10.1. The molecule has 4 rings (SSSR count). The molecule has 6 nitrogen and oxygen atoms in total. The molecule has 0 aromatic heterocycles. The van der Waals surface area contributed by atoms with Crippen LogP contribution in [-0.2, 0) is 16.1 Å². The molecule has 2 heterocycles. The molecule has 1 atom stereocenters. The standard InChI is InChI=1S/C23H26FN3O3/c24-19-8-6-18(7-9-19)16-27-15-13-25-12-14-26(11-10-21(25)23(27)29)22(28)17-30-20-4-2-1-3-5-20/h1-9,21H,10-17H2. The summed E-state index contributed by atoms with van der Waals surface area (Å²) in [7, 11) is 0. The smallest absolute Gasteiger partial charge is 0.260 e. The molecule has 0 saturated carbocycles. The number of hydrogen-bond donors (Lipinski definition) is 0. The predicted molar refractivity (Wildman–Crippen MR) is 110 cm³/mol. The first-order valence-electron chi connectivity index (χ1n) is 10.3. The number of fused-ring (bicyclic) bond motifs is 1. The number of para-hydroxylation sites is 1. The van der Waals surface area contributed by atoms with Gasteiger partial charge >= 0.3 is 0 Å². The molecule has 2 aliphatic heterocycles. The zero-order valence-electron chi connectivity index (χ0n) is 16.9. The summed E-state index contributed by atoms with van der Waals surface area (Å²) >= 11 is 0. The monoisotopic (exact) mass is 411 g/mol. The molecule has 1 unspecified atom stereocenters. The number of carbonyl (C=O) groups excluding carboxylic acids is 2. The summed E-state index contributed by atoms with van der Waals surface area (Å²) in [4.78, 5) is 31.5. The van der Waals surface area contributed by atoms with Gasteiger partial charge in [0.25, 0.3) is 5.91 Å². The fourth-order valence-electron chi connectivity index (χ4n) is 4.06. The Labute approximate surface area is 175 Å². The number of carbonyl (C=O) groups is 2. The molecule has 2 aromatic rings. The zero-order valence-corrected chi connectivity index (χ0v) is 16.9. The van der Waals surface area contributed by atoms with Gasteiger partial charge in [0, 0.05) is 39.3 Å². The van der Waals surface area contributed by atoms with Crippen molar-refractivity contribution in [3.8, 4) is 5.75 Å². The van der Waals surface area contributed by atoms with Crippen LogP contribution < -0.4 is 4.74 Å². The summed E-state index contributed by atoms with van der Waals surface area (Å²) in [5.41, 5.74) is 0.918. The van der Waals surface area contributed by atoms with Gasteiger partial charge in [-0.3, -0.25) is 14.5 Å². The third kappa shape index (κ3) is 4.79. The largest absolute Gasteiger partial charge is 0.484 e. The van der Waals surface area contributed by atoms with Crippen molar-refractivity contribution in [1.29, 1.82) is 0 Å². The minimum Gasteiger partial charge on any atom is -0.484 e. The van der Waals surface area contributed by atoms with E-state index in [9.17, 15) is 14.0 Å². The summed E-state index contributed by atoms with van der Waals surface area (Å²) in [6.07, 6.45) is 0.607. The Kier molecular flexibility index (Phi) is 6.28. The van der Waals surface area contributed by atoms with E-state index in [-0.39, 0.29) is 30.3 Å². The highest BCUT2D eigenvalue weighted by molar-refractivity contribution is 5.83. The summed E-state index contributed by atoms with van der Waals surface area (Å²) in [6, 6.07) is 15.3. The van der Waals surface area contributed by atoms with Gasteiger partial charge in [0.15, 0.2) is 6.61 Å². The number of amides is 2. The molecule has 7 heteroatoms. The SMILES string of the molecule is O=C(COc1ccccc1)N1CCC2C(=O)N(Cc3ccc(F)cc3)CCN2CC1. The van der Waals surface area contributed by atoms with E-state index in [1.807, 2.05) is 35.2 Å². The molecule has 0 aliphatic carbocycles. The average molecular weight is 411 g/mol. The van der Waals surface area contributed by atoms with Gasteiger partial charge in [0.2, 0.25) is 5.91 Å². The van der Waals surface area contributed by atoms with E-state index in [1.165, 1.54) is 12.1 Å². The number of nitrogens with zero attached hydrogens (tertiary/aromatic N) is 3. The molecule has 2 aromatic carbocycles. The first-order valence-corrected chi connectivity index (χ1v) is 10.3. The van der Waals surface area contributed by atoms with Crippen molar-refractivity contribution in [2.24, 2.45) is 0 Å². The first kappa shape index (κ1) is 20.3. The van der Waals surface area contributed by atoms with Gasteiger partial charge in [0.1, 0.15) is 11.6 Å². The maximum absolute atomic E-state index is 13.1. The Hall–Kier alpha value is -2.93. The van der Waals surface area contributed by atoms with Crippen LogP contribution in [0.1, 0.15) is 12.0 Å². The van der Waals surface area contributed by atoms with Crippen molar-refractivity contribution in [3.63, 3.8) is 0 Å².